The van der Waals surface area contributed by atoms with Gasteiger partial charge in [-0.25, -0.2) is 0 Å². The summed E-state index contributed by atoms with van der Waals surface area (Å²) in [5, 5.41) is 17.8. The molecule has 138 valence electrons. The number of aromatic hydroxyl groups is 1. The molecule has 0 aliphatic rings. The van der Waals surface area contributed by atoms with Crippen molar-refractivity contribution < 1.29 is 14.6 Å². The van der Waals surface area contributed by atoms with Gasteiger partial charge in [-0.2, -0.15) is 5.10 Å². The zero-order valence-electron chi connectivity index (χ0n) is 15.3. The minimum Gasteiger partial charge on any atom is -0.507 e. The Balaban J connectivity index is 2.11. The lowest BCUT2D eigenvalue weighted by atomic mass is 10.0. The number of hydrogen-bond donors (Lipinski definition) is 3. The molecule has 2 aromatic rings. The van der Waals surface area contributed by atoms with Crippen molar-refractivity contribution in [2.45, 2.75) is 20.3 Å². The molecule has 0 fully saturated rings. The molecule has 26 heavy (non-hydrogen) atoms. The third-order valence-corrected chi connectivity index (χ3v) is 3.93. The molecule has 0 saturated carbocycles. The molecule has 7 heteroatoms. The smallest absolute Gasteiger partial charge is 0.191 e. The van der Waals surface area contributed by atoms with E-state index in [9.17, 15) is 5.11 Å². The van der Waals surface area contributed by atoms with Gasteiger partial charge in [-0.15, -0.1) is 0 Å². The topological polar surface area (TPSA) is 75.1 Å². The third-order valence-electron chi connectivity index (χ3n) is 3.73. The lowest BCUT2D eigenvalue weighted by Crippen LogP contribution is -2.25. The van der Waals surface area contributed by atoms with Crippen LogP contribution in [0.25, 0.3) is 0 Å². The number of rotatable bonds is 6. The number of nitrogens with zero attached hydrogens (tertiary/aromatic N) is 1. The largest absolute Gasteiger partial charge is 0.507 e. The summed E-state index contributed by atoms with van der Waals surface area (Å²) < 4.78 is 10.5. The first-order chi connectivity index (χ1) is 12.5. The number of hydrogen-bond acceptors (Lipinski definition) is 5. The van der Waals surface area contributed by atoms with E-state index in [0.29, 0.717) is 34.3 Å². The van der Waals surface area contributed by atoms with Crippen LogP contribution in [0.2, 0.25) is 0 Å². The van der Waals surface area contributed by atoms with Crippen LogP contribution in [-0.2, 0) is 0 Å². The Morgan fingerprint density at radius 2 is 1.85 bits per heavy atom. The predicted octanol–water partition coefficient (Wildman–Crippen LogP) is 3.82. The molecule has 0 aromatic heterocycles. The summed E-state index contributed by atoms with van der Waals surface area (Å²) in [4.78, 5) is 0. The molecule has 2 aromatic carbocycles. The molecule has 0 bridgehead atoms. The molecule has 2 rings (SSSR count). The van der Waals surface area contributed by atoms with Gasteiger partial charge in [0.2, 0.25) is 0 Å². The maximum Gasteiger partial charge on any atom is 0.191 e. The zero-order valence-corrected chi connectivity index (χ0v) is 16.1. The summed E-state index contributed by atoms with van der Waals surface area (Å²) in [6, 6.07) is 10.8. The number of benzene rings is 2. The SMILES string of the molecule is CC/C(=N\NC(=S)Nc1ccc(OC)c(OC)c1)c1cc(C)ccc1O. The molecular formula is C19H23N3O3S. The fraction of sp³-hybridized carbons (Fsp3) is 0.263. The monoisotopic (exact) mass is 373 g/mol. The number of hydrazone groups is 1. The first kappa shape index (κ1) is 19.5. The van der Waals surface area contributed by atoms with E-state index in [0.717, 1.165) is 11.3 Å². The number of aryl methyl sites for hydroxylation is 1. The van der Waals surface area contributed by atoms with Gasteiger partial charge < -0.3 is 19.9 Å². The highest BCUT2D eigenvalue weighted by molar-refractivity contribution is 7.80. The van der Waals surface area contributed by atoms with Crippen LogP contribution >= 0.6 is 12.2 Å². The summed E-state index contributed by atoms with van der Waals surface area (Å²) >= 11 is 5.29. The second-order valence-electron chi connectivity index (χ2n) is 5.57. The Morgan fingerprint density at radius 3 is 2.50 bits per heavy atom. The van der Waals surface area contributed by atoms with E-state index in [1.54, 1.807) is 32.4 Å². The zero-order chi connectivity index (χ0) is 19.1. The van der Waals surface area contributed by atoms with E-state index in [4.69, 9.17) is 21.7 Å². The minimum absolute atomic E-state index is 0.191. The first-order valence-corrected chi connectivity index (χ1v) is 8.54. The molecule has 0 aliphatic heterocycles. The fourth-order valence-electron chi connectivity index (χ4n) is 2.40. The van der Waals surface area contributed by atoms with Gasteiger partial charge in [0.1, 0.15) is 5.75 Å². The highest BCUT2D eigenvalue weighted by Crippen LogP contribution is 2.29. The quantitative estimate of drug-likeness (QED) is 0.406. The highest BCUT2D eigenvalue weighted by atomic mass is 32.1. The molecule has 0 unspecified atom stereocenters. The van der Waals surface area contributed by atoms with Crippen LogP contribution in [0.3, 0.4) is 0 Å². The summed E-state index contributed by atoms with van der Waals surface area (Å²) in [7, 11) is 3.16. The molecule has 0 radical (unpaired) electrons. The van der Waals surface area contributed by atoms with Gasteiger partial charge in [-0.05, 0) is 49.8 Å². The second-order valence-corrected chi connectivity index (χ2v) is 5.98. The number of nitrogens with one attached hydrogen (secondary N) is 2. The van der Waals surface area contributed by atoms with Crippen molar-refractivity contribution in [2.75, 3.05) is 19.5 Å². The molecule has 0 spiro atoms. The van der Waals surface area contributed by atoms with Crippen LogP contribution in [0.4, 0.5) is 5.69 Å². The lowest BCUT2D eigenvalue weighted by Gasteiger charge is -2.12. The molecule has 0 amide bonds. The van der Waals surface area contributed by atoms with Gasteiger partial charge in [0.15, 0.2) is 16.6 Å². The van der Waals surface area contributed by atoms with Crippen LogP contribution in [0.15, 0.2) is 41.5 Å². The summed E-state index contributed by atoms with van der Waals surface area (Å²) in [6.45, 7) is 3.93. The summed E-state index contributed by atoms with van der Waals surface area (Å²) in [5.74, 6) is 1.43. The number of thiocarbonyl (C=S) groups is 1. The Kier molecular flexibility index (Phi) is 6.80. The standard InChI is InChI=1S/C19H23N3O3S/c1-5-15(14-10-12(2)6-8-16(14)23)21-22-19(26)20-13-7-9-17(24-3)18(11-13)25-4/h6-11,23H,5H2,1-4H3,(H2,20,22,26)/b21-15+. The maximum atomic E-state index is 10.1. The predicted molar refractivity (Wildman–Crippen MR) is 109 cm³/mol. The number of anilines is 1. The summed E-state index contributed by atoms with van der Waals surface area (Å²) in [6.07, 6.45) is 0.642. The fourth-order valence-corrected chi connectivity index (χ4v) is 2.57. The van der Waals surface area contributed by atoms with Crippen molar-refractivity contribution in [3.8, 4) is 17.2 Å². The van der Waals surface area contributed by atoms with E-state index in [-0.39, 0.29) is 5.75 Å². The minimum atomic E-state index is 0.191. The first-order valence-electron chi connectivity index (χ1n) is 8.14. The number of phenols is 1. The van der Waals surface area contributed by atoms with E-state index in [1.165, 1.54) is 0 Å². The van der Waals surface area contributed by atoms with E-state index >= 15 is 0 Å². The molecular weight excluding hydrogens is 350 g/mol. The van der Waals surface area contributed by atoms with E-state index < -0.39 is 0 Å². The number of methoxy groups -OCH3 is 2. The third kappa shape index (κ3) is 4.86. The molecule has 0 atom stereocenters. The number of ether oxygens (including phenoxy) is 2. The van der Waals surface area contributed by atoms with Crippen molar-refractivity contribution >= 4 is 28.7 Å². The Labute approximate surface area is 158 Å². The average Bonchev–Trinajstić information content (AvgIpc) is 2.64. The van der Waals surface area contributed by atoms with Crippen molar-refractivity contribution in [3.63, 3.8) is 0 Å². The van der Waals surface area contributed by atoms with Crippen LogP contribution in [-0.4, -0.2) is 30.2 Å². The molecule has 0 saturated heterocycles. The number of phenolic OH excluding ortho intramolecular Hbond substituents is 1. The lowest BCUT2D eigenvalue weighted by molar-refractivity contribution is 0.355. The van der Waals surface area contributed by atoms with Gasteiger partial charge >= 0.3 is 0 Å². The van der Waals surface area contributed by atoms with Gasteiger partial charge in [-0.3, -0.25) is 5.43 Å². The van der Waals surface area contributed by atoms with Gasteiger partial charge in [0, 0.05) is 17.3 Å². The van der Waals surface area contributed by atoms with Crippen LogP contribution in [0, 0.1) is 6.92 Å². The normalized spacial score (nSPS) is 11.0. The Hall–Kier alpha value is -2.80. The van der Waals surface area contributed by atoms with Crippen LogP contribution in [0.1, 0.15) is 24.5 Å². The maximum absolute atomic E-state index is 10.1. The van der Waals surface area contributed by atoms with Gasteiger partial charge in [0.25, 0.3) is 0 Å². The van der Waals surface area contributed by atoms with Crippen molar-refractivity contribution in [2.24, 2.45) is 5.10 Å². The van der Waals surface area contributed by atoms with Crippen molar-refractivity contribution in [3.05, 3.63) is 47.5 Å². The summed E-state index contributed by atoms with van der Waals surface area (Å²) in [5.41, 5.74) is 6.01. The highest BCUT2D eigenvalue weighted by Gasteiger charge is 2.09. The Morgan fingerprint density at radius 1 is 1.12 bits per heavy atom. The Bertz CT molecular complexity index is 822. The molecule has 6 nitrogen and oxygen atoms in total. The van der Waals surface area contributed by atoms with Crippen LogP contribution in [0.5, 0.6) is 17.2 Å². The average molecular weight is 373 g/mol. The van der Waals surface area contributed by atoms with E-state index in [1.807, 2.05) is 32.0 Å². The van der Waals surface area contributed by atoms with Crippen molar-refractivity contribution in [1.29, 1.82) is 0 Å². The molecule has 0 aliphatic carbocycles. The van der Waals surface area contributed by atoms with Gasteiger partial charge in [0.05, 0.1) is 19.9 Å². The van der Waals surface area contributed by atoms with E-state index in [2.05, 4.69) is 15.8 Å². The molecule has 3 N–H and O–H groups in total. The molecule has 0 heterocycles. The van der Waals surface area contributed by atoms with Crippen LogP contribution < -0.4 is 20.2 Å². The van der Waals surface area contributed by atoms with Gasteiger partial charge in [-0.1, -0.05) is 18.6 Å². The second kappa shape index (κ2) is 9.05. The van der Waals surface area contributed by atoms with Crippen molar-refractivity contribution in [1.82, 2.24) is 5.43 Å².